The van der Waals surface area contributed by atoms with E-state index in [9.17, 15) is 9.59 Å². The molecule has 2 heterocycles. The van der Waals surface area contributed by atoms with Gasteiger partial charge in [0.05, 0.1) is 6.04 Å². The molecule has 3 fully saturated rings. The second kappa shape index (κ2) is 5.47. The maximum atomic E-state index is 13.2. The molecule has 3 aliphatic rings. The fourth-order valence-corrected chi connectivity index (χ4v) is 5.22. The van der Waals surface area contributed by atoms with Crippen molar-refractivity contribution in [1.29, 1.82) is 0 Å². The predicted octanol–water partition coefficient (Wildman–Crippen LogP) is 2.19. The molecule has 2 bridgehead atoms. The Morgan fingerprint density at radius 1 is 1.17 bits per heavy atom. The molecule has 1 saturated carbocycles. The molecule has 4 atom stereocenters. The minimum absolute atomic E-state index is 0.0184. The Labute approximate surface area is 139 Å². The highest BCUT2D eigenvalue weighted by Crippen LogP contribution is 2.53. The van der Waals surface area contributed by atoms with Gasteiger partial charge in [0, 0.05) is 38.1 Å². The SMILES string of the molecule is COC(C)(C)C(=O)N1[C@@H]2CN(C(C)=O)[C@@H]3CCCC[C@H]1[C@]3(C)C2. The topological polar surface area (TPSA) is 49.9 Å². The van der Waals surface area contributed by atoms with Crippen LogP contribution >= 0.6 is 0 Å². The monoisotopic (exact) mass is 322 g/mol. The highest BCUT2D eigenvalue weighted by atomic mass is 16.5. The number of carbonyl (C=O) groups is 2. The normalized spacial score (nSPS) is 36.8. The maximum absolute atomic E-state index is 13.2. The molecule has 0 spiro atoms. The predicted molar refractivity (Wildman–Crippen MR) is 87.9 cm³/mol. The summed E-state index contributed by atoms with van der Waals surface area (Å²) >= 11 is 0. The van der Waals surface area contributed by atoms with Gasteiger partial charge in [-0.3, -0.25) is 9.59 Å². The number of fused-ring (bicyclic) bond motifs is 1. The second-order valence-corrected chi connectivity index (χ2v) is 8.28. The lowest BCUT2D eigenvalue weighted by Crippen LogP contribution is -2.55. The van der Waals surface area contributed by atoms with E-state index >= 15 is 0 Å². The van der Waals surface area contributed by atoms with Crippen LogP contribution in [0.2, 0.25) is 0 Å². The van der Waals surface area contributed by atoms with Gasteiger partial charge in [-0.05, 0) is 33.1 Å². The van der Waals surface area contributed by atoms with Gasteiger partial charge in [-0.2, -0.15) is 0 Å². The number of piperidine rings is 1. The summed E-state index contributed by atoms with van der Waals surface area (Å²) in [5.74, 6) is 0.219. The van der Waals surface area contributed by atoms with E-state index in [0.717, 1.165) is 32.1 Å². The quantitative estimate of drug-likeness (QED) is 0.783. The lowest BCUT2D eigenvalue weighted by Gasteiger charge is -2.46. The maximum Gasteiger partial charge on any atom is 0.254 e. The zero-order valence-corrected chi connectivity index (χ0v) is 15.1. The molecule has 130 valence electrons. The van der Waals surface area contributed by atoms with Crippen LogP contribution in [-0.2, 0) is 14.3 Å². The number of likely N-dealkylation sites (tertiary alicyclic amines) is 2. The Kier molecular flexibility index (Phi) is 3.98. The van der Waals surface area contributed by atoms with E-state index < -0.39 is 5.60 Å². The van der Waals surface area contributed by atoms with Crippen molar-refractivity contribution in [3.63, 3.8) is 0 Å². The summed E-state index contributed by atoms with van der Waals surface area (Å²) in [5, 5.41) is 0. The van der Waals surface area contributed by atoms with Gasteiger partial charge in [-0.1, -0.05) is 19.8 Å². The standard InChI is InChI=1S/C18H30N2O3/c1-12(21)19-11-13-10-18(4)14(19)8-6-7-9-15(18)20(13)16(22)17(2,3)23-5/h13-15H,6-11H2,1-5H3/t13-,14+,15-,18+/m0/s1. The number of ether oxygens (including phenoxy) is 1. The fourth-order valence-electron chi connectivity index (χ4n) is 5.22. The summed E-state index contributed by atoms with van der Waals surface area (Å²) in [6, 6.07) is 0.628. The zero-order valence-electron chi connectivity index (χ0n) is 15.1. The van der Waals surface area contributed by atoms with Gasteiger partial charge < -0.3 is 14.5 Å². The van der Waals surface area contributed by atoms with Crippen molar-refractivity contribution in [2.24, 2.45) is 5.41 Å². The summed E-state index contributed by atoms with van der Waals surface area (Å²) in [6.07, 6.45) is 5.39. The van der Waals surface area contributed by atoms with Crippen molar-refractivity contribution < 1.29 is 14.3 Å². The average molecular weight is 322 g/mol. The molecule has 23 heavy (non-hydrogen) atoms. The second-order valence-electron chi connectivity index (χ2n) is 8.28. The molecule has 0 N–H and O–H groups in total. The molecule has 2 amide bonds. The van der Waals surface area contributed by atoms with E-state index in [-0.39, 0.29) is 35.4 Å². The van der Waals surface area contributed by atoms with Gasteiger partial charge in [0.25, 0.3) is 5.91 Å². The Balaban J connectivity index is 2.01. The number of amides is 2. The van der Waals surface area contributed by atoms with Gasteiger partial charge in [0.1, 0.15) is 5.60 Å². The Hall–Kier alpha value is -1.10. The molecule has 5 nitrogen and oxygen atoms in total. The molecule has 0 aromatic rings. The van der Waals surface area contributed by atoms with Gasteiger partial charge in [0.15, 0.2) is 0 Å². The van der Waals surface area contributed by atoms with Crippen LogP contribution in [0.4, 0.5) is 0 Å². The number of rotatable bonds is 2. The third-order valence-corrected chi connectivity index (χ3v) is 6.58. The molecule has 1 aliphatic carbocycles. The first-order valence-corrected chi connectivity index (χ1v) is 8.87. The van der Waals surface area contributed by atoms with Crippen LogP contribution in [0, 0.1) is 5.41 Å². The van der Waals surface area contributed by atoms with Crippen molar-refractivity contribution in [3.05, 3.63) is 0 Å². The summed E-state index contributed by atoms with van der Waals surface area (Å²) in [7, 11) is 1.60. The summed E-state index contributed by atoms with van der Waals surface area (Å²) in [5.41, 5.74) is -0.790. The molecule has 0 radical (unpaired) electrons. The highest BCUT2D eigenvalue weighted by Gasteiger charge is 2.61. The number of hydrogen-bond acceptors (Lipinski definition) is 3. The number of hydrogen-bond donors (Lipinski definition) is 0. The van der Waals surface area contributed by atoms with Crippen molar-refractivity contribution in [3.8, 4) is 0 Å². The van der Waals surface area contributed by atoms with Crippen molar-refractivity contribution in [1.82, 2.24) is 9.80 Å². The minimum atomic E-state index is -0.809. The number of nitrogens with zero attached hydrogens (tertiary/aromatic N) is 2. The first kappa shape index (κ1) is 16.7. The molecular weight excluding hydrogens is 292 g/mol. The average Bonchev–Trinajstić information content (AvgIpc) is 2.61. The number of methoxy groups -OCH3 is 1. The zero-order chi connectivity index (χ0) is 17.0. The molecule has 2 saturated heterocycles. The van der Waals surface area contributed by atoms with E-state index in [1.54, 1.807) is 14.0 Å². The molecule has 3 rings (SSSR count). The molecule has 2 aliphatic heterocycles. The van der Waals surface area contributed by atoms with Crippen molar-refractivity contribution in [2.75, 3.05) is 13.7 Å². The Morgan fingerprint density at radius 3 is 2.35 bits per heavy atom. The van der Waals surface area contributed by atoms with E-state index in [1.165, 1.54) is 0 Å². The summed E-state index contributed by atoms with van der Waals surface area (Å²) in [6.45, 7) is 8.33. The van der Waals surface area contributed by atoms with Gasteiger partial charge >= 0.3 is 0 Å². The third-order valence-electron chi connectivity index (χ3n) is 6.58. The summed E-state index contributed by atoms with van der Waals surface area (Å²) in [4.78, 5) is 29.5. The van der Waals surface area contributed by atoms with Crippen LogP contribution in [0.25, 0.3) is 0 Å². The van der Waals surface area contributed by atoms with Crippen LogP contribution in [0.15, 0.2) is 0 Å². The molecule has 0 aromatic carbocycles. The third kappa shape index (κ3) is 2.39. The first-order valence-electron chi connectivity index (χ1n) is 8.87. The minimum Gasteiger partial charge on any atom is -0.369 e. The summed E-state index contributed by atoms with van der Waals surface area (Å²) < 4.78 is 5.46. The van der Waals surface area contributed by atoms with Crippen molar-refractivity contribution in [2.45, 2.75) is 83.5 Å². The largest absolute Gasteiger partial charge is 0.369 e. The van der Waals surface area contributed by atoms with E-state index in [4.69, 9.17) is 4.74 Å². The van der Waals surface area contributed by atoms with Gasteiger partial charge in [0.2, 0.25) is 5.91 Å². The molecule has 5 heteroatoms. The van der Waals surface area contributed by atoms with Gasteiger partial charge in [-0.15, -0.1) is 0 Å². The van der Waals surface area contributed by atoms with Crippen LogP contribution in [0.3, 0.4) is 0 Å². The molecule has 0 unspecified atom stereocenters. The first-order chi connectivity index (χ1) is 10.7. The van der Waals surface area contributed by atoms with Crippen LogP contribution in [0.1, 0.15) is 59.8 Å². The van der Waals surface area contributed by atoms with Crippen molar-refractivity contribution >= 4 is 11.8 Å². The Bertz CT molecular complexity index is 518. The van der Waals surface area contributed by atoms with Crippen LogP contribution in [-0.4, -0.2) is 59.0 Å². The molecule has 0 aromatic heterocycles. The van der Waals surface area contributed by atoms with Crippen LogP contribution in [0.5, 0.6) is 0 Å². The lowest BCUT2D eigenvalue weighted by molar-refractivity contribution is -0.155. The molecular formula is C18H30N2O3. The Morgan fingerprint density at radius 2 is 1.78 bits per heavy atom. The smallest absolute Gasteiger partial charge is 0.254 e. The number of carbonyl (C=O) groups excluding carboxylic acids is 2. The van der Waals surface area contributed by atoms with E-state index in [1.807, 2.05) is 18.7 Å². The highest BCUT2D eigenvalue weighted by molar-refractivity contribution is 5.86. The fraction of sp³-hybridized carbons (Fsp3) is 0.889. The van der Waals surface area contributed by atoms with Crippen LogP contribution < -0.4 is 0 Å². The van der Waals surface area contributed by atoms with E-state index in [0.29, 0.717) is 6.54 Å². The van der Waals surface area contributed by atoms with E-state index in [2.05, 4.69) is 11.8 Å². The lowest BCUT2D eigenvalue weighted by atomic mass is 9.71. The van der Waals surface area contributed by atoms with Gasteiger partial charge in [-0.25, -0.2) is 0 Å².